The van der Waals surface area contributed by atoms with Crippen molar-refractivity contribution in [3.8, 4) is 0 Å². The van der Waals surface area contributed by atoms with Crippen LogP contribution in [0, 0.1) is 0 Å². The van der Waals surface area contributed by atoms with Crippen molar-refractivity contribution in [2.24, 2.45) is 0 Å². The van der Waals surface area contributed by atoms with Gasteiger partial charge in [0.15, 0.2) is 0 Å². The summed E-state index contributed by atoms with van der Waals surface area (Å²) in [4.78, 5) is 14.1. The minimum Gasteiger partial charge on any atom is -0.471 e. The molecule has 3 rings (SSSR count). The van der Waals surface area contributed by atoms with E-state index in [0.717, 1.165) is 19.4 Å². The minimum atomic E-state index is -3.45. The molecular formula is C14H20N2O4S. The molecule has 0 spiro atoms. The summed E-state index contributed by atoms with van der Waals surface area (Å²) in [5.41, 5.74) is 0. The third-order valence-electron chi connectivity index (χ3n) is 4.36. The molecule has 0 unspecified atom stereocenters. The maximum absolute atomic E-state index is 12.4. The molecule has 21 heavy (non-hydrogen) atoms. The van der Waals surface area contributed by atoms with Crippen LogP contribution in [0.2, 0.25) is 0 Å². The fourth-order valence-corrected chi connectivity index (χ4v) is 4.55. The van der Waals surface area contributed by atoms with Gasteiger partial charge in [-0.2, -0.15) is 4.31 Å². The van der Waals surface area contributed by atoms with Gasteiger partial charge in [0.05, 0.1) is 6.26 Å². The van der Waals surface area contributed by atoms with E-state index in [2.05, 4.69) is 0 Å². The zero-order chi connectivity index (χ0) is 14.9. The van der Waals surface area contributed by atoms with E-state index in [4.69, 9.17) is 4.42 Å². The number of carbonyl (C=O) groups excluding carboxylic acids is 1. The van der Waals surface area contributed by atoms with Crippen LogP contribution in [-0.4, -0.2) is 49.2 Å². The highest BCUT2D eigenvalue weighted by molar-refractivity contribution is 7.89. The van der Waals surface area contributed by atoms with Gasteiger partial charge in [0.1, 0.15) is 11.2 Å². The van der Waals surface area contributed by atoms with Crippen molar-refractivity contribution in [3.63, 3.8) is 0 Å². The highest BCUT2D eigenvalue weighted by Crippen LogP contribution is 2.25. The van der Waals surface area contributed by atoms with E-state index >= 15 is 0 Å². The lowest BCUT2D eigenvalue weighted by molar-refractivity contribution is -0.136. The van der Waals surface area contributed by atoms with E-state index in [1.54, 1.807) is 0 Å². The van der Waals surface area contributed by atoms with Gasteiger partial charge in [-0.1, -0.05) is 0 Å². The van der Waals surface area contributed by atoms with Gasteiger partial charge in [0, 0.05) is 32.1 Å². The standard InChI is InChI=1S/C14H20N2O4S/c17-14-3-1-2-7-16(14)12-4-8-15(9-5-12)21(18,19)13-6-10-20-11-13/h6,10-12H,1-5,7-9H2. The molecule has 1 amide bonds. The Morgan fingerprint density at radius 1 is 1.14 bits per heavy atom. The maximum atomic E-state index is 12.4. The molecule has 0 aliphatic carbocycles. The number of hydrogen-bond acceptors (Lipinski definition) is 4. The predicted molar refractivity (Wildman–Crippen MR) is 76.1 cm³/mol. The zero-order valence-corrected chi connectivity index (χ0v) is 12.7. The van der Waals surface area contributed by atoms with Crippen molar-refractivity contribution in [1.82, 2.24) is 9.21 Å². The van der Waals surface area contributed by atoms with E-state index in [9.17, 15) is 13.2 Å². The van der Waals surface area contributed by atoms with Crippen LogP contribution in [0.4, 0.5) is 0 Å². The molecule has 3 heterocycles. The number of furan rings is 1. The van der Waals surface area contributed by atoms with Crippen LogP contribution in [-0.2, 0) is 14.8 Å². The number of piperidine rings is 2. The Hall–Kier alpha value is -1.34. The van der Waals surface area contributed by atoms with Crippen LogP contribution < -0.4 is 0 Å². The first-order valence-corrected chi connectivity index (χ1v) is 8.85. The van der Waals surface area contributed by atoms with Gasteiger partial charge in [-0.3, -0.25) is 4.79 Å². The summed E-state index contributed by atoms with van der Waals surface area (Å²) in [6, 6.07) is 1.66. The first-order valence-electron chi connectivity index (χ1n) is 7.41. The Morgan fingerprint density at radius 3 is 2.52 bits per heavy atom. The first-order chi connectivity index (χ1) is 10.1. The predicted octanol–water partition coefficient (Wildman–Crippen LogP) is 1.45. The number of hydrogen-bond donors (Lipinski definition) is 0. The van der Waals surface area contributed by atoms with Gasteiger partial charge in [-0.25, -0.2) is 8.42 Å². The van der Waals surface area contributed by atoms with Crippen LogP contribution in [0.1, 0.15) is 32.1 Å². The topological polar surface area (TPSA) is 70.8 Å². The molecule has 2 aliphatic heterocycles. The highest BCUT2D eigenvalue weighted by Gasteiger charge is 2.34. The number of sulfonamides is 1. The summed E-state index contributed by atoms with van der Waals surface area (Å²) < 4.78 is 31.1. The second kappa shape index (κ2) is 5.81. The lowest BCUT2D eigenvalue weighted by Crippen LogP contribution is -2.50. The second-order valence-electron chi connectivity index (χ2n) is 5.64. The number of rotatable bonds is 3. The Kier molecular flexibility index (Phi) is 4.03. The normalized spacial score (nSPS) is 22.7. The van der Waals surface area contributed by atoms with Gasteiger partial charge in [-0.15, -0.1) is 0 Å². The third-order valence-corrected chi connectivity index (χ3v) is 6.23. The van der Waals surface area contributed by atoms with Crippen molar-refractivity contribution in [1.29, 1.82) is 0 Å². The molecule has 2 saturated heterocycles. The summed E-state index contributed by atoms with van der Waals surface area (Å²) in [6.07, 6.45) is 6.71. The molecule has 1 aromatic heterocycles. The molecule has 2 fully saturated rings. The number of likely N-dealkylation sites (tertiary alicyclic amines) is 1. The third kappa shape index (κ3) is 2.85. The van der Waals surface area contributed by atoms with Gasteiger partial charge < -0.3 is 9.32 Å². The Bertz CT molecular complexity index is 589. The number of carbonyl (C=O) groups is 1. The minimum absolute atomic E-state index is 0.189. The van der Waals surface area contributed by atoms with Crippen LogP contribution in [0.15, 0.2) is 27.9 Å². The maximum Gasteiger partial charge on any atom is 0.246 e. The van der Waals surface area contributed by atoms with Crippen molar-refractivity contribution < 1.29 is 17.6 Å². The number of amides is 1. The van der Waals surface area contributed by atoms with Crippen molar-refractivity contribution in [2.75, 3.05) is 19.6 Å². The molecule has 0 aromatic carbocycles. The molecule has 0 bridgehead atoms. The summed E-state index contributed by atoms with van der Waals surface area (Å²) in [6.45, 7) is 1.74. The van der Waals surface area contributed by atoms with E-state index in [1.807, 2.05) is 4.90 Å². The molecular weight excluding hydrogens is 292 g/mol. The summed E-state index contributed by atoms with van der Waals surface area (Å²) in [5.74, 6) is 0.220. The molecule has 6 nitrogen and oxygen atoms in total. The summed E-state index contributed by atoms with van der Waals surface area (Å²) >= 11 is 0. The molecule has 1 aromatic rings. The van der Waals surface area contributed by atoms with Crippen LogP contribution in [0.3, 0.4) is 0 Å². The average Bonchev–Trinajstić information content (AvgIpc) is 3.03. The largest absolute Gasteiger partial charge is 0.471 e. The first kappa shape index (κ1) is 14.6. The van der Waals surface area contributed by atoms with Gasteiger partial charge in [0.25, 0.3) is 0 Å². The summed E-state index contributed by atoms with van der Waals surface area (Å²) in [5, 5.41) is 0. The Labute approximate surface area is 124 Å². The Balaban J connectivity index is 1.64. The van der Waals surface area contributed by atoms with Gasteiger partial charge >= 0.3 is 0 Å². The fourth-order valence-electron chi connectivity index (χ4n) is 3.15. The highest BCUT2D eigenvalue weighted by atomic mass is 32.2. The molecule has 0 atom stereocenters. The van der Waals surface area contributed by atoms with Crippen LogP contribution >= 0.6 is 0 Å². The molecule has 0 saturated carbocycles. The van der Waals surface area contributed by atoms with Crippen molar-refractivity contribution >= 4 is 15.9 Å². The van der Waals surface area contributed by atoms with Gasteiger partial charge in [-0.05, 0) is 31.7 Å². The van der Waals surface area contributed by atoms with E-state index in [0.29, 0.717) is 32.4 Å². The van der Waals surface area contributed by atoms with E-state index in [1.165, 1.54) is 22.9 Å². The Morgan fingerprint density at radius 2 is 1.90 bits per heavy atom. The van der Waals surface area contributed by atoms with Gasteiger partial charge in [0.2, 0.25) is 15.9 Å². The van der Waals surface area contributed by atoms with E-state index in [-0.39, 0.29) is 16.8 Å². The van der Waals surface area contributed by atoms with Crippen LogP contribution in [0.25, 0.3) is 0 Å². The SMILES string of the molecule is O=C1CCCCN1C1CCN(S(=O)(=O)c2ccoc2)CC1. The molecule has 7 heteroatoms. The smallest absolute Gasteiger partial charge is 0.246 e. The average molecular weight is 312 g/mol. The fraction of sp³-hybridized carbons (Fsp3) is 0.643. The summed E-state index contributed by atoms with van der Waals surface area (Å²) in [7, 11) is -3.45. The quantitative estimate of drug-likeness (QED) is 0.847. The lowest BCUT2D eigenvalue weighted by atomic mass is 10.0. The monoisotopic (exact) mass is 312 g/mol. The molecule has 2 aliphatic rings. The molecule has 0 N–H and O–H groups in total. The molecule has 0 radical (unpaired) electrons. The zero-order valence-electron chi connectivity index (χ0n) is 11.9. The second-order valence-corrected chi connectivity index (χ2v) is 7.58. The molecule has 116 valence electrons. The van der Waals surface area contributed by atoms with E-state index < -0.39 is 10.0 Å². The van der Waals surface area contributed by atoms with Crippen LogP contribution in [0.5, 0.6) is 0 Å². The van der Waals surface area contributed by atoms with Crippen molar-refractivity contribution in [3.05, 3.63) is 18.6 Å². The number of nitrogens with zero attached hydrogens (tertiary/aromatic N) is 2. The lowest BCUT2D eigenvalue weighted by Gasteiger charge is -2.39. The van der Waals surface area contributed by atoms with Crippen molar-refractivity contribution in [2.45, 2.75) is 43.0 Å².